The summed E-state index contributed by atoms with van der Waals surface area (Å²) in [4.78, 5) is 0. The number of benzene rings is 4. The monoisotopic (exact) mass is 724 g/mol. The fourth-order valence-corrected chi connectivity index (χ4v) is 7.97. The number of halogens is 12. The molecule has 2 aliphatic carbocycles. The number of alkyl halides is 12. The quantitative estimate of drug-likeness (QED) is 0.184. The molecule has 0 bridgehead atoms. The van der Waals surface area contributed by atoms with Gasteiger partial charge in [-0.15, -0.1) is 0 Å². The summed E-state index contributed by atoms with van der Waals surface area (Å²) in [5.74, 6) is -0.845. The van der Waals surface area contributed by atoms with E-state index in [2.05, 4.69) is 0 Å². The highest BCUT2D eigenvalue weighted by Gasteiger charge is 2.46. The minimum Gasteiger partial charge on any atom is -0.166 e. The highest BCUT2D eigenvalue weighted by molar-refractivity contribution is 5.85. The van der Waals surface area contributed by atoms with Gasteiger partial charge < -0.3 is 0 Å². The van der Waals surface area contributed by atoms with Crippen LogP contribution in [0.3, 0.4) is 0 Å². The highest BCUT2D eigenvalue weighted by atomic mass is 19.4. The van der Waals surface area contributed by atoms with E-state index >= 15 is 0 Å². The van der Waals surface area contributed by atoms with Crippen molar-refractivity contribution in [2.75, 3.05) is 0 Å². The summed E-state index contributed by atoms with van der Waals surface area (Å²) in [5.41, 5.74) is -2.92. The zero-order valence-corrected chi connectivity index (χ0v) is 27.3. The molecule has 51 heavy (non-hydrogen) atoms. The smallest absolute Gasteiger partial charge is 0.166 e. The molecule has 0 N–H and O–H groups in total. The molecule has 0 saturated carbocycles. The van der Waals surface area contributed by atoms with Crippen molar-refractivity contribution in [3.05, 3.63) is 128 Å². The molecule has 12 heteroatoms. The van der Waals surface area contributed by atoms with E-state index in [4.69, 9.17) is 0 Å². The summed E-state index contributed by atoms with van der Waals surface area (Å²) < 4.78 is 165. The van der Waals surface area contributed by atoms with Crippen molar-refractivity contribution in [1.29, 1.82) is 0 Å². The van der Waals surface area contributed by atoms with Crippen LogP contribution < -0.4 is 0 Å². The Kier molecular flexibility index (Phi) is 8.39. The summed E-state index contributed by atoms with van der Waals surface area (Å²) in [6.07, 6.45) is -16.7. The van der Waals surface area contributed by atoms with Gasteiger partial charge in [0.25, 0.3) is 0 Å². The molecule has 0 nitrogen and oxygen atoms in total. The van der Waals surface area contributed by atoms with Gasteiger partial charge >= 0.3 is 24.7 Å². The number of hydrogen-bond acceptors (Lipinski definition) is 0. The molecule has 0 saturated heterocycles. The molecule has 0 spiro atoms. The van der Waals surface area contributed by atoms with Crippen LogP contribution in [0.2, 0.25) is 0 Å². The molecule has 4 aromatic carbocycles. The second kappa shape index (κ2) is 11.8. The first-order valence-electron chi connectivity index (χ1n) is 15.6. The van der Waals surface area contributed by atoms with Gasteiger partial charge in [0.1, 0.15) is 0 Å². The van der Waals surface area contributed by atoms with Gasteiger partial charge in [-0.2, -0.15) is 52.7 Å². The van der Waals surface area contributed by atoms with E-state index in [-0.39, 0.29) is 34.4 Å². The topological polar surface area (TPSA) is 0 Å². The molecule has 0 fully saturated rings. The maximum Gasteiger partial charge on any atom is 0.416 e. The second-order valence-corrected chi connectivity index (χ2v) is 13.7. The first-order chi connectivity index (χ1) is 23.4. The Labute approximate surface area is 285 Å². The van der Waals surface area contributed by atoms with Crippen molar-refractivity contribution in [2.45, 2.75) is 64.2 Å². The van der Waals surface area contributed by atoms with Crippen molar-refractivity contribution in [3.8, 4) is 22.3 Å². The third kappa shape index (κ3) is 6.46. The predicted molar refractivity (Wildman–Crippen MR) is 170 cm³/mol. The zero-order chi connectivity index (χ0) is 37.6. The summed E-state index contributed by atoms with van der Waals surface area (Å²) in [6, 6.07) is 12.4. The SMILES string of the molecule is CC1=Cc2c(-c3cc(C(F)(F)F)cc(C(F)(F)F)c3)cccc2C1C(C)(C)C1C(C)=Cc2c(-c3cc(C(F)(F)F)cc(C(F)(F)F)c3)cccc21. The molecule has 2 atom stereocenters. The average molecular weight is 725 g/mol. The molecule has 0 aromatic heterocycles. The van der Waals surface area contributed by atoms with Crippen molar-refractivity contribution in [2.24, 2.45) is 5.41 Å². The first-order valence-corrected chi connectivity index (χ1v) is 15.6. The number of allylic oxidation sites excluding steroid dienone is 2. The zero-order valence-electron chi connectivity index (χ0n) is 27.3. The van der Waals surface area contributed by atoms with Crippen molar-refractivity contribution < 1.29 is 52.7 Å². The van der Waals surface area contributed by atoms with Gasteiger partial charge in [-0.1, -0.05) is 73.5 Å². The number of rotatable bonds is 4. The van der Waals surface area contributed by atoms with Crippen LogP contribution in [0.5, 0.6) is 0 Å². The first kappa shape index (κ1) is 36.3. The molecule has 2 unspecified atom stereocenters. The third-order valence-corrected chi connectivity index (χ3v) is 9.84. The molecular formula is C39H28F12. The Morgan fingerprint density at radius 1 is 0.431 bits per heavy atom. The Morgan fingerprint density at radius 2 is 0.725 bits per heavy atom. The fourth-order valence-electron chi connectivity index (χ4n) is 7.97. The number of fused-ring (bicyclic) bond motifs is 2. The van der Waals surface area contributed by atoms with Gasteiger partial charge in [0.15, 0.2) is 0 Å². The molecular weight excluding hydrogens is 696 g/mol. The average Bonchev–Trinajstić information content (AvgIpc) is 3.54. The number of hydrogen-bond donors (Lipinski definition) is 0. The molecule has 0 heterocycles. The van der Waals surface area contributed by atoms with E-state index in [1.807, 2.05) is 13.8 Å². The van der Waals surface area contributed by atoms with Gasteiger partial charge in [0.2, 0.25) is 0 Å². The molecule has 268 valence electrons. The Bertz CT molecular complexity index is 1890. The van der Waals surface area contributed by atoms with E-state index < -0.39 is 64.2 Å². The second-order valence-electron chi connectivity index (χ2n) is 13.7. The summed E-state index contributed by atoms with van der Waals surface area (Å²) in [6.45, 7) is 7.46. The van der Waals surface area contributed by atoms with E-state index in [1.54, 1.807) is 50.3 Å². The Hall–Kier alpha value is -4.48. The van der Waals surface area contributed by atoms with Crippen LogP contribution in [0.4, 0.5) is 52.7 Å². The van der Waals surface area contributed by atoms with Crippen LogP contribution in [-0.4, -0.2) is 0 Å². The molecule has 2 aliphatic rings. The van der Waals surface area contributed by atoms with Gasteiger partial charge in [-0.25, -0.2) is 0 Å². The van der Waals surface area contributed by atoms with E-state index in [9.17, 15) is 52.7 Å². The lowest BCUT2D eigenvalue weighted by atomic mass is 9.62. The lowest BCUT2D eigenvalue weighted by Gasteiger charge is -2.41. The van der Waals surface area contributed by atoms with Crippen molar-refractivity contribution in [3.63, 3.8) is 0 Å². The molecule has 0 aliphatic heterocycles. The van der Waals surface area contributed by atoms with E-state index in [0.29, 0.717) is 46.5 Å². The van der Waals surface area contributed by atoms with Crippen LogP contribution in [0, 0.1) is 5.41 Å². The minimum absolute atomic E-state index is 0.0733. The maximum atomic E-state index is 13.7. The molecule has 0 amide bonds. The standard InChI is InChI=1S/C39H28F12/c1-19-11-31-27(21-13-23(36(40,41)42)17-24(14-21)37(43,44)45)7-5-9-29(31)33(19)35(3,4)34-20(2)12-32-28(8-6-10-30(32)34)22-15-25(38(46,47)48)18-26(16-22)39(49,50)51/h5-18,33-34H,1-4H3. The fraction of sp³-hybridized carbons (Fsp3) is 0.282. The van der Waals surface area contributed by atoms with Gasteiger partial charge in [0.05, 0.1) is 22.3 Å². The Morgan fingerprint density at radius 3 is 1.00 bits per heavy atom. The van der Waals surface area contributed by atoms with Crippen LogP contribution in [0.1, 0.15) is 84.0 Å². The van der Waals surface area contributed by atoms with Crippen LogP contribution >= 0.6 is 0 Å². The largest absolute Gasteiger partial charge is 0.416 e. The third-order valence-electron chi connectivity index (χ3n) is 9.84. The van der Waals surface area contributed by atoms with E-state index in [1.165, 1.54) is 12.1 Å². The lowest BCUT2D eigenvalue weighted by Crippen LogP contribution is -2.29. The van der Waals surface area contributed by atoms with Gasteiger partial charge in [0, 0.05) is 11.8 Å². The minimum atomic E-state index is -5.04. The van der Waals surface area contributed by atoms with Crippen LogP contribution in [0.25, 0.3) is 34.4 Å². The highest BCUT2D eigenvalue weighted by Crippen LogP contribution is 2.60. The summed E-state index contributed by atoms with van der Waals surface area (Å²) in [7, 11) is 0. The van der Waals surface area contributed by atoms with Crippen LogP contribution in [-0.2, 0) is 24.7 Å². The van der Waals surface area contributed by atoms with Crippen molar-refractivity contribution >= 4 is 12.2 Å². The van der Waals surface area contributed by atoms with E-state index in [0.717, 1.165) is 11.1 Å². The predicted octanol–water partition coefficient (Wildman–Crippen LogP) is 13.8. The van der Waals surface area contributed by atoms with Gasteiger partial charge in [-0.05, 0) is 100 Å². The van der Waals surface area contributed by atoms with Crippen LogP contribution in [0.15, 0.2) is 83.9 Å². The lowest BCUT2D eigenvalue weighted by molar-refractivity contribution is -0.144. The summed E-state index contributed by atoms with van der Waals surface area (Å²) >= 11 is 0. The molecule has 4 aromatic rings. The van der Waals surface area contributed by atoms with Gasteiger partial charge in [-0.3, -0.25) is 0 Å². The molecule has 0 radical (unpaired) electrons. The van der Waals surface area contributed by atoms with Crippen molar-refractivity contribution in [1.82, 2.24) is 0 Å². The Balaban J connectivity index is 1.46. The normalized spacial score (nSPS) is 18.0. The summed E-state index contributed by atoms with van der Waals surface area (Å²) in [5, 5.41) is 0. The maximum absolute atomic E-state index is 13.7. The molecule has 6 rings (SSSR count).